The van der Waals surface area contributed by atoms with Crippen molar-refractivity contribution in [1.29, 1.82) is 0 Å². The summed E-state index contributed by atoms with van der Waals surface area (Å²) in [6.07, 6.45) is -4.79. The van der Waals surface area contributed by atoms with Crippen LogP contribution < -0.4 is 10.1 Å². The van der Waals surface area contributed by atoms with Crippen LogP contribution in [0.4, 0.5) is 18.9 Å². The standard InChI is InChI=1S/C11H13BrF3NO/c1-17-10-4-3-8(7-9(10)12)16-6-2-5-11(13,14)15/h3-4,7,16H,2,5-6H2,1H3. The number of rotatable bonds is 5. The van der Waals surface area contributed by atoms with Crippen molar-refractivity contribution in [3.63, 3.8) is 0 Å². The van der Waals surface area contributed by atoms with E-state index >= 15 is 0 Å². The van der Waals surface area contributed by atoms with Crippen molar-refractivity contribution in [2.24, 2.45) is 0 Å². The lowest BCUT2D eigenvalue weighted by Crippen LogP contribution is -2.10. The fraction of sp³-hybridized carbons (Fsp3) is 0.455. The highest BCUT2D eigenvalue weighted by atomic mass is 79.9. The Hall–Kier alpha value is -0.910. The topological polar surface area (TPSA) is 21.3 Å². The maximum Gasteiger partial charge on any atom is 0.389 e. The van der Waals surface area contributed by atoms with Gasteiger partial charge in [0.1, 0.15) is 5.75 Å². The Kier molecular flexibility index (Phi) is 5.11. The summed E-state index contributed by atoms with van der Waals surface area (Å²) < 4.78 is 41.5. The zero-order valence-electron chi connectivity index (χ0n) is 9.27. The number of anilines is 1. The second-order valence-corrected chi connectivity index (χ2v) is 4.35. The van der Waals surface area contributed by atoms with E-state index in [-0.39, 0.29) is 13.0 Å². The lowest BCUT2D eigenvalue weighted by atomic mass is 10.2. The van der Waals surface area contributed by atoms with E-state index in [2.05, 4.69) is 21.2 Å². The first-order valence-electron chi connectivity index (χ1n) is 5.06. The van der Waals surface area contributed by atoms with Crippen LogP contribution in [-0.4, -0.2) is 19.8 Å². The highest BCUT2D eigenvalue weighted by Crippen LogP contribution is 2.28. The Morgan fingerprint density at radius 1 is 1.35 bits per heavy atom. The molecule has 0 spiro atoms. The van der Waals surface area contributed by atoms with Crippen LogP contribution in [-0.2, 0) is 0 Å². The molecule has 6 heteroatoms. The number of benzene rings is 1. The minimum atomic E-state index is -4.08. The fourth-order valence-electron chi connectivity index (χ4n) is 1.30. The smallest absolute Gasteiger partial charge is 0.389 e. The molecule has 0 saturated carbocycles. The normalized spacial score (nSPS) is 11.4. The number of alkyl halides is 3. The predicted octanol–water partition coefficient (Wildman–Crippen LogP) is 4.21. The second-order valence-electron chi connectivity index (χ2n) is 3.49. The van der Waals surface area contributed by atoms with Gasteiger partial charge < -0.3 is 10.1 Å². The molecular formula is C11H13BrF3NO. The highest BCUT2D eigenvalue weighted by Gasteiger charge is 2.25. The van der Waals surface area contributed by atoms with Gasteiger partial charge in [0.05, 0.1) is 11.6 Å². The maximum atomic E-state index is 11.9. The monoisotopic (exact) mass is 311 g/mol. The Morgan fingerprint density at radius 3 is 2.59 bits per heavy atom. The molecule has 17 heavy (non-hydrogen) atoms. The van der Waals surface area contributed by atoms with E-state index in [1.54, 1.807) is 25.3 Å². The van der Waals surface area contributed by atoms with Crippen LogP contribution in [0.25, 0.3) is 0 Å². The number of hydrogen-bond acceptors (Lipinski definition) is 2. The summed E-state index contributed by atoms with van der Waals surface area (Å²) in [4.78, 5) is 0. The molecule has 1 rings (SSSR count). The molecule has 0 atom stereocenters. The van der Waals surface area contributed by atoms with E-state index < -0.39 is 12.6 Å². The average Bonchev–Trinajstić information content (AvgIpc) is 2.23. The van der Waals surface area contributed by atoms with Gasteiger partial charge in [-0.2, -0.15) is 13.2 Å². The Bertz CT molecular complexity index is 368. The largest absolute Gasteiger partial charge is 0.496 e. The number of hydrogen-bond donors (Lipinski definition) is 1. The van der Waals surface area contributed by atoms with Gasteiger partial charge in [-0.15, -0.1) is 0 Å². The third kappa shape index (κ3) is 5.30. The molecule has 2 nitrogen and oxygen atoms in total. The Balaban J connectivity index is 2.40. The molecule has 1 aromatic carbocycles. The van der Waals surface area contributed by atoms with E-state index in [0.717, 1.165) is 10.2 Å². The quantitative estimate of drug-likeness (QED) is 0.822. The van der Waals surface area contributed by atoms with Crippen molar-refractivity contribution in [2.75, 3.05) is 19.0 Å². The minimum Gasteiger partial charge on any atom is -0.496 e. The molecule has 1 N–H and O–H groups in total. The van der Waals surface area contributed by atoms with Crippen molar-refractivity contribution in [3.8, 4) is 5.75 Å². The number of ether oxygens (including phenoxy) is 1. The van der Waals surface area contributed by atoms with Crippen LogP contribution in [0.5, 0.6) is 5.75 Å². The van der Waals surface area contributed by atoms with Gasteiger partial charge in [0, 0.05) is 18.7 Å². The molecule has 0 heterocycles. The first-order valence-corrected chi connectivity index (χ1v) is 5.86. The second kappa shape index (κ2) is 6.14. The van der Waals surface area contributed by atoms with Gasteiger partial charge in [0.2, 0.25) is 0 Å². The van der Waals surface area contributed by atoms with Gasteiger partial charge in [-0.05, 0) is 40.5 Å². The molecule has 0 aliphatic carbocycles. The lowest BCUT2D eigenvalue weighted by molar-refractivity contribution is -0.134. The van der Waals surface area contributed by atoms with E-state index in [4.69, 9.17) is 4.74 Å². The zero-order valence-corrected chi connectivity index (χ0v) is 10.9. The SMILES string of the molecule is COc1ccc(NCCCC(F)(F)F)cc1Br. The molecule has 0 amide bonds. The van der Waals surface area contributed by atoms with Crippen molar-refractivity contribution in [1.82, 2.24) is 0 Å². The molecule has 0 aliphatic heterocycles. The number of nitrogens with one attached hydrogen (secondary N) is 1. The first-order chi connectivity index (χ1) is 7.92. The molecule has 0 radical (unpaired) electrons. The maximum absolute atomic E-state index is 11.9. The summed E-state index contributed by atoms with van der Waals surface area (Å²) in [5.74, 6) is 0.686. The van der Waals surface area contributed by atoms with Crippen LogP contribution in [0.15, 0.2) is 22.7 Å². The van der Waals surface area contributed by atoms with Crippen LogP contribution in [0.3, 0.4) is 0 Å². The minimum absolute atomic E-state index is 0.0626. The van der Waals surface area contributed by atoms with E-state index in [9.17, 15) is 13.2 Å². The summed E-state index contributed by atoms with van der Waals surface area (Å²) in [5.41, 5.74) is 0.764. The average molecular weight is 312 g/mol. The Morgan fingerprint density at radius 2 is 2.06 bits per heavy atom. The van der Waals surface area contributed by atoms with Crippen molar-refractivity contribution < 1.29 is 17.9 Å². The molecule has 0 aliphatic rings. The third-order valence-electron chi connectivity index (χ3n) is 2.12. The number of methoxy groups -OCH3 is 1. The molecule has 96 valence electrons. The summed E-state index contributed by atoms with van der Waals surface area (Å²) in [6, 6.07) is 5.28. The Labute approximate surface area is 106 Å². The highest BCUT2D eigenvalue weighted by molar-refractivity contribution is 9.10. The van der Waals surface area contributed by atoms with Crippen LogP contribution in [0.1, 0.15) is 12.8 Å². The van der Waals surface area contributed by atoms with E-state index in [0.29, 0.717) is 5.75 Å². The van der Waals surface area contributed by atoms with E-state index in [1.807, 2.05) is 0 Å². The summed E-state index contributed by atoms with van der Waals surface area (Å²) >= 11 is 3.30. The molecule has 0 aromatic heterocycles. The van der Waals surface area contributed by atoms with Gasteiger partial charge in [-0.25, -0.2) is 0 Å². The summed E-state index contributed by atoms with van der Waals surface area (Å²) in [7, 11) is 1.55. The molecule has 0 fully saturated rings. The molecule has 1 aromatic rings. The lowest BCUT2D eigenvalue weighted by Gasteiger charge is -2.10. The third-order valence-corrected chi connectivity index (χ3v) is 2.74. The summed E-state index contributed by atoms with van der Waals surface area (Å²) in [6.45, 7) is 0.290. The molecule has 0 saturated heterocycles. The van der Waals surface area contributed by atoms with Crippen molar-refractivity contribution in [2.45, 2.75) is 19.0 Å². The predicted molar refractivity (Wildman–Crippen MR) is 64.5 cm³/mol. The van der Waals surface area contributed by atoms with Crippen molar-refractivity contribution in [3.05, 3.63) is 22.7 Å². The molecular weight excluding hydrogens is 299 g/mol. The van der Waals surface area contributed by atoms with Crippen LogP contribution in [0, 0.1) is 0 Å². The van der Waals surface area contributed by atoms with Crippen LogP contribution in [0.2, 0.25) is 0 Å². The number of halogens is 4. The fourth-order valence-corrected chi connectivity index (χ4v) is 1.84. The van der Waals surface area contributed by atoms with Gasteiger partial charge in [-0.1, -0.05) is 0 Å². The van der Waals surface area contributed by atoms with Crippen molar-refractivity contribution >= 4 is 21.6 Å². The van der Waals surface area contributed by atoms with E-state index in [1.165, 1.54) is 0 Å². The molecule has 0 unspecified atom stereocenters. The summed E-state index contributed by atoms with van der Waals surface area (Å²) in [5, 5.41) is 2.92. The molecule has 0 bridgehead atoms. The van der Waals surface area contributed by atoms with Gasteiger partial charge in [0.25, 0.3) is 0 Å². The van der Waals surface area contributed by atoms with Gasteiger partial charge in [0.15, 0.2) is 0 Å². The van der Waals surface area contributed by atoms with Crippen LogP contribution >= 0.6 is 15.9 Å². The zero-order chi connectivity index (χ0) is 12.9. The first kappa shape index (κ1) is 14.2. The van der Waals surface area contributed by atoms with Gasteiger partial charge >= 0.3 is 6.18 Å². The van der Waals surface area contributed by atoms with Gasteiger partial charge in [-0.3, -0.25) is 0 Å².